The Kier molecular flexibility index (Phi) is 6.60. The molecule has 3 rings (SSSR count). The van der Waals surface area contributed by atoms with E-state index in [1.807, 2.05) is 36.1 Å². The first-order chi connectivity index (χ1) is 13.6. The second kappa shape index (κ2) is 9.32. The Hall–Kier alpha value is -2.93. The van der Waals surface area contributed by atoms with Gasteiger partial charge in [0.05, 0.1) is 20.8 Å². The summed E-state index contributed by atoms with van der Waals surface area (Å²) >= 11 is 0. The largest absolute Gasteiger partial charge is 0.497 e. The average Bonchev–Trinajstić information content (AvgIpc) is 2.72. The average molecular weight is 386 g/mol. The fourth-order valence-corrected chi connectivity index (χ4v) is 3.03. The van der Waals surface area contributed by atoms with Gasteiger partial charge in [0.2, 0.25) is 5.91 Å². The van der Waals surface area contributed by atoms with Gasteiger partial charge >= 0.3 is 0 Å². The molecule has 0 saturated carbocycles. The molecule has 2 aromatic rings. The van der Waals surface area contributed by atoms with Crippen LogP contribution in [0.1, 0.15) is 6.92 Å². The Labute approximate surface area is 165 Å². The monoisotopic (exact) mass is 386 g/mol. The molecule has 0 aromatic heterocycles. The van der Waals surface area contributed by atoms with Crippen LogP contribution in [0.4, 0.5) is 5.69 Å². The molecule has 7 heteroatoms. The predicted octanol–water partition coefficient (Wildman–Crippen LogP) is 2.80. The summed E-state index contributed by atoms with van der Waals surface area (Å²) in [6.45, 7) is 4.04. The van der Waals surface area contributed by atoms with Gasteiger partial charge in [-0.1, -0.05) is 19.1 Å². The van der Waals surface area contributed by atoms with Crippen molar-refractivity contribution in [2.45, 2.75) is 13.0 Å². The quantitative estimate of drug-likeness (QED) is 0.752. The molecule has 7 nitrogen and oxygen atoms in total. The second-order valence-electron chi connectivity index (χ2n) is 6.47. The SMILES string of the molecule is CCN(CC(=O)Nc1cc(OC)cc(OC)c1)CC1COc2ccccc2O1. The highest BCUT2D eigenvalue weighted by Crippen LogP contribution is 2.31. The zero-order chi connectivity index (χ0) is 19.9. The van der Waals surface area contributed by atoms with E-state index in [0.717, 1.165) is 18.0 Å². The van der Waals surface area contributed by atoms with E-state index in [4.69, 9.17) is 18.9 Å². The van der Waals surface area contributed by atoms with Crippen LogP contribution in [0.25, 0.3) is 0 Å². The number of carbonyl (C=O) groups is 1. The number of nitrogens with one attached hydrogen (secondary N) is 1. The minimum atomic E-state index is -0.125. The smallest absolute Gasteiger partial charge is 0.238 e. The normalized spacial score (nSPS) is 15.2. The number of anilines is 1. The van der Waals surface area contributed by atoms with Crippen molar-refractivity contribution in [1.29, 1.82) is 0 Å². The Morgan fingerprint density at radius 3 is 2.46 bits per heavy atom. The van der Waals surface area contributed by atoms with Crippen LogP contribution in [0, 0.1) is 0 Å². The van der Waals surface area contributed by atoms with Crippen molar-refractivity contribution in [2.75, 3.05) is 45.8 Å². The van der Waals surface area contributed by atoms with Gasteiger partial charge in [-0.25, -0.2) is 0 Å². The predicted molar refractivity (Wildman–Crippen MR) is 107 cm³/mol. The third-order valence-corrected chi connectivity index (χ3v) is 4.48. The van der Waals surface area contributed by atoms with Gasteiger partial charge in [-0.3, -0.25) is 9.69 Å². The third-order valence-electron chi connectivity index (χ3n) is 4.48. The summed E-state index contributed by atoms with van der Waals surface area (Å²) in [5, 5.41) is 2.90. The summed E-state index contributed by atoms with van der Waals surface area (Å²) in [6.07, 6.45) is -0.125. The summed E-state index contributed by atoms with van der Waals surface area (Å²) in [7, 11) is 3.15. The topological polar surface area (TPSA) is 69.3 Å². The summed E-state index contributed by atoms with van der Waals surface area (Å²) in [6, 6.07) is 12.9. The van der Waals surface area contributed by atoms with Crippen LogP contribution in [0.5, 0.6) is 23.0 Å². The van der Waals surface area contributed by atoms with E-state index >= 15 is 0 Å². The first-order valence-electron chi connectivity index (χ1n) is 9.25. The van der Waals surface area contributed by atoms with Crippen molar-refractivity contribution in [1.82, 2.24) is 4.90 Å². The van der Waals surface area contributed by atoms with Gasteiger partial charge in [-0.15, -0.1) is 0 Å². The third kappa shape index (κ3) is 5.07. The summed E-state index contributed by atoms with van der Waals surface area (Å²) in [5.74, 6) is 2.62. The van der Waals surface area contributed by atoms with Crippen molar-refractivity contribution in [3.63, 3.8) is 0 Å². The van der Waals surface area contributed by atoms with E-state index in [2.05, 4.69) is 5.32 Å². The van der Waals surface area contributed by atoms with Crippen molar-refractivity contribution in [2.24, 2.45) is 0 Å². The highest BCUT2D eigenvalue weighted by atomic mass is 16.6. The molecule has 0 spiro atoms. The number of benzene rings is 2. The standard InChI is InChI=1S/C21H26N2O5/c1-4-23(12-18-14-27-19-7-5-6-8-20(19)28-18)13-21(24)22-15-9-16(25-2)11-17(10-15)26-3/h5-11,18H,4,12-14H2,1-3H3,(H,22,24). The van der Waals surface area contributed by atoms with E-state index in [1.165, 1.54) is 0 Å². The van der Waals surface area contributed by atoms with Gasteiger partial charge in [0.25, 0.3) is 0 Å². The van der Waals surface area contributed by atoms with Crippen molar-refractivity contribution >= 4 is 11.6 Å². The molecule has 2 aromatic carbocycles. The Balaban J connectivity index is 1.57. The molecule has 0 radical (unpaired) electrons. The first-order valence-corrected chi connectivity index (χ1v) is 9.25. The van der Waals surface area contributed by atoms with Crippen LogP contribution < -0.4 is 24.3 Å². The molecule has 1 aliphatic heterocycles. The number of fused-ring (bicyclic) bond motifs is 1. The first kappa shape index (κ1) is 19.8. The number of likely N-dealkylation sites (N-methyl/N-ethyl adjacent to an activating group) is 1. The van der Waals surface area contributed by atoms with Crippen LogP contribution in [0.2, 0.25) is 0 Å². The molecular formula is C21H26N2O5. The molecule has 28 heavy (non-hydrogen) atoms. The number of ether oxygens (including phenoxy) is 4. The lowest BCUT2D eigenvalue weighted by atomic mass is 10.2. The maximum atomic E-state index is 12.5. The number of rotatable bonds is 8. The summed E-state index contributed by atoms with van der Waals surface area (Å²) in [5.41, 5.74) is 0.628. The van der Waals surface area contributed by atoms with E-state index < -0.39 is 0 Å². The van der Waals surface area contributed by atoms with E-state index in [1.54, 1.807) is 32.4 Å². The number of para-hydroxylation sites is 2. The van der Waals surface area contributed by atoms with E-state index in [9.17, 15) is 4.79 Å². The van der Waals surface area contributed by atoms with Crippen molar-refractivity contribution in [3.05, 3.63) is 42.5 Å². The van der Waals surface area contributed by atoms with Gasteiger partial charge in [0, 0.05) is 30.4 Å². The molecule has 1 unspecified atom stereocenters. The Morgan fingerprint density at radius 2 is 1.82 bits per heavy atom. The molecule has 0 saturated heterocycles. The van der Waals surface area contributed by atoms with Crippen LogP contribution in [-0.2, 0) is 4.79 Å². The van der Waals surface area contributed by atoms with Crippen LogP contribution >= 0.6 is 0 Å². The highest BCUT2D eigenvalue weighted by Gasteiger charge is 2.23. The maximum absolute atomic E-state index is 12.5. The number of hydrogen-bond acceptors (Lipinski definition) is 6. The van der Waals surface area contributed by atoms with Crippen LogP contribution in [-0.4, -0.2) is 57.4 Å². The number of methoxy groups -OCH3 is 2. The van der Waals surface area contributed by atoms with Gasteiger partial charge < -0.3 is 24.3 Å². The Morgan fingerprint density at radius 1 is 1.14 bits per heavy atom. The second-order valence-corrected chi connectivity index (χ2v) is 6.47. The molecule has 1 atom stereocenters. The fourth-order valence-electron chi connectivity index (χ4n) is 3.03. The molecule has 1 aliphatic rings. The molecule has 1 N–H and O–H groups in total. The molecule has 1 heterocycles. The van der Waals surface area contributed by atoms with Crippen LogP contribution in [0.15, 0.2) is 42.5 Å². The number of amides is 1. The number of hydrogen-bond donors (Lipinski definition) is 1. The molecule has 0 fully saturated rings. The molecule has 1 amide bonds. The minimum absolute atomic E-state index is 0.116. The van der Waals surface area contributed by atoms with Gasteiger partial charge in [-0.2, -0.15) is 0 Å². The minimum Gasteiger partial charge on any atom is -0.497 e. The van der Waals surface area contributed by atoms with Crippen LogP contribution in [0.3, 0.4) is 0 Å². The van der Waals surface area contributed by atoms with Gasteiger partial charge in [0.1, 0.15) is 24.2 Å². The zero-order valence-electron chi connectivity index (χ0n) is 16.4. The maximum Gasteiger partial charge on any atom is 0.238 e. The molecule has 0 bridgehead atoms. The van der Waals surface area contributed by atoms with Gasteiger partial charge in [-0.05, 0) is 18.7 Å². The van der Waals surface area contributed by atoms with E-state index in [0.29, 0.717) is 30.3 Å². The number of nitrogens with zero attached hydrogens (tertiary/aromatic N) is 1. The number of carbonyl (C=O) groups excluding carboxylic acids is 1. The highest BCUT2D eigenvalue weighted by molar-refractivity contribution is 5.92. The molecule has 0 aliphatic carbocycles. The lowest BCUT2D eigenvalue weighted by Gasteiger charge is -2.30. The molecular weight excluding hydrogens is 360 g/mol. The summed E-state index contributed by atoms with van der Waals surface area (Å²) < 4.78 is 22.2. The lowest BCUT2D eigenvalue weighted by Crippen LogP contribution is -2.43. The molecule has 150 valence electrons. The lowest BCUT2D eigenvalue weighted by molar-refractivity contribution is -0.117. The van der Waals surface area contributed by atoms with Gasteiger partial charge in [0.15, 0.2) is 11.5 Å². The van der Waals surface area contributed by atoms with Crippen molar-refractivity contribution in [3.8, 4) is 23.0 Å². The Bertz CT molecular complexity index is 789. The fraction of sp³-hybridized carbons (Fsp3) is 0.381. The zero-order valence-corrected chi connectivity index (χ0v) is 16.4. The van der Waals surface area contributed by atoms with Crippen molar-refractivity contribution < 1.29 is 23.7 Å². The summed E-state index contributed by atoms with van der Waals surface area (Å²) in [4.78, 5) is 14.5. The van der Waals surface area contributed by atoms with E-state index in [-0.39, 0.29) is 18.6 Å².